The lowest BCUT2D eigenvalue weighted by molar-refractivity contribution is 0.582. The van der Waals surface area contributed by atoms with E-state index in [9.17, 15) is 8.42 Å². The highest BCUT2D eigenvalue weighted by atomic mass is 32.2. The van der Waals surface area contributed by atoms with Crippen molar-refractivity contribution in [1.29, 1.82) is 0 Å². The second kappa shape index (κ2) is 8.07. The van der Waals surface area contributed by atoms with Crippen LogP contribution in [0.3, 0.4) is 0 Å². The Hall–Kier alpha value is -2.78. The van der Waals surface area contributed by atoms with Crippen molar-refractivity contribution in [2.45, 2.75) is 12.7 Å². The summed E-state index contributed by atoms with van der Waals surface area (Å²) < 4.78 is 28.4. The van der Waals surface area contributed by atoms with Gasteiger partial charge in [-0.05, 0) is 18.6 Å². The van der Waals surface area contributed by atoms with Crippen molar-refractivity contribution >= 4 is 15.8 Å². The molecule has 9 heteroatoms. The van der Waals surface area contributed by atoms with Gasteiger partial charge in [-0.25, -0.2) is 27.8 Å². The molecule has 136 valence electrons. The zero-order valence-electron chi connectivity index (χ0n) is 14.3. The SMILES string of the molecule is Cc1nc(NCCNS(=O)(=O)Cc2ccccc2)cc(-n2cccn2)n1. The third kappa shape index (κ3) is 5.11. The minimum Gasteiger partial charge on any atom is -0.369 e. The van der Waals surface area contributed by atoms with Gasteiger partial charge in [0.05, 0.1) is 5.75 Å². The normalized spacial score (nSPS) is 11.4. The first kappa shape index (κ1) is 18.0. The van der Waals surface area contributed by atoms with Crippen molar-refractivity contribution < 1.29 is 8.42 Å². The lowest BCUT2D eigenvalue weighted by atomic mass is 10.2. The second-order valence-electron chi connectivity index (χ2n) is 5.68. The molecule has 0 unspecified atom stereocenters. The lowest BCUT2D eigenvalue weighted by Gasteiger charge is -2.10. The van der Waals surface area contributed by atoms with E-state index in [0.29, 0.717) is 24.0 Å². The Morgan fingerprint density at radius 3 is 2.62 bits per heavy atom. The van der Waals surface area contributed by atoms with Crippen molar-refractivity contribution in [1.82, 2.24) is 24.5 Å². The molecular weight excluding hydrogens is 352 g/mol. The van der Waals surface area contributed by atoms with Gasteiger partial charge in [-0.15, -0.1) is 0 Å². The quantitative estimate of drug-likeness (QED) is 0.581. The summed E-state index contributed by atoms with van der Waals surface area (Å²) in [6, 6.07) is 12.7. The Morgan fingerprint density at radius 2 is 1.88 bits per heavy atom. The first-order chi connectivity index (χ1) is 12.5. The Labute approximate surface area is 152 Å². The smallest absolute Gasteiger partial charge is 0.215 e. The summed E-state index contributed by atoms with van der Waals surface area (Å²) in [6.07, 6.45) is 3.47. The van der Waals surface area contributed by atoms with Gasteiger partial charge in [-0.2, -0.15) is 5.10 Å². The molecule has 2 heterocycles. The van der Waals surface area contributed by atoms with Gasteiger partial charge >= 0.3 is 0 Å². The number of nitrogens with zero attached hydrogens (tertiary/aromatic N) is 4. The Balaban J connectivity index is 1.53. The first-order valence-electron chi connectivity index (χ1n) is 8.13. The summed E-state index contributed by atoms with van der Waals surface area (Å²) in [5.74, 6) is 1.83. The van der Waals surface area contributed by atoms with Gasteiger partial charge in [0.25, 0.3) is 0 Å². The third-order valence-corrected chi connectivity index (χ3v) is 4.87. The van der Waals surface area contributed by atoms with E-state index in [0.717, 1.165) is 5.56 Å². The molecule has 26 heavy (non-hydrogen) atoms. The molecule has 0 saturated heterocycles. The molecule has 0 amide bonds. The van der Waals surface area contributed by atoms with Crippen LogP contribution in [0.25, 0.3) is 5.82 Å². The van der Waals surface area contributed by atoms with Crippen molar-refractivity contribution in [3.05, 3.63) is 66.2 Å². The minimum atomic E-state index is -3.38. The molecule has 0 bridgehead atoms. The number of nitrogens with one attached hydrogen (secondary N) is 2. The molecule has 2 aromatic heterocycles. The van der Waals surface area contributed by atoms with E-state index in [-0.39, 0.29) is 12.3 Å². The third-order valence-electron chi connectivity index (χ3n) is 3.52. The van der Waals surface area contributed by atoms with Gasteiger partial charge in [-0.1, -0.05) is 30.3 Å². The number of benzene rings is 1. The Morgan fingerprint density at radius 1 is 1.08 bits per heavy atom. The van der Waals surface area contributed by atoms with Gasteiger partial charge in [0.1, 0.15) is 11.6 Å². The average molecular weight is 372 g/mol. The molecule has 3 aromatic rings. The van der Waals surface area contributed by atoms with E-state index in [2.05, 4.69) is 25.1 Å². The van der Waals surface area contributed by atoms with Crippen LogP contribution >= 0.6 is 0 Å². The number of rotatable bonds is 8. The first-order valence-corrected chi connectivity index (χ1v) is 9.78. The molecule has 3 rings (SSSR count). The predicted molar refractivity (Wildman–Crippen MR) is 99.4 cm³/mol. The Bertz CT molecular complexity index is 943. The zero-order chi connectivity index (χ0) is 18.4. The molecular formula is C17H20N6O2S. The summed E-state index contributed by atoms with van der Waals surface area (Å²) in [4.78, 5) is 8.63. The number of sulfonamides is 1. The van der Waals surface area contributed by atoms with Crippen LogP contribution in [-0.2, 0) is 15.8 Å². The van der Waals surface area contributed by atoms with Crippen molar-refractivity contribution in [3.8, 4) is 5.82 Å². The summed E-state index contributed by atoms with van der Waals surface area (Å²) in [5, 5.41) is 7.25. The summed E-state index contributed by atoms with van der Waals surface area (Å²) in [5.41, 5.74) is 0.753. The van der Waals surface area contributed by atoms with Crippen LogP contribution in [0.15, 0.2) is 54.9 Å². The van der Waals surface area contributed by atoms with Crippen molar-refractivity contribution in [3.63, 3.8) is 0 Å². The highest BCUT2D eigenvalue weighted by Gasteiger charge is 2.10. The van der Waals surface area contributed by atoms with Gasteiger partial charge < -0.3 is 5.32 Å². The summed E-state index contributed by atoms with van der Waals surface area (Å²) >= 11 is 0. The molecule has 0 aliphatic heterocycles. The number of aryl methyl sites for hydroxylation is 1. The molecule has 2 N–H and O–H groups in total. The van der Waals surface area contributed by atoms with Crippen LogP contribution < -0.4 is 10.0 Å². The fourth-order valence-corrected chi connectivity index (χ4v) is 3.55. The molecule has 0 fully saturated rings. The standard InChI is InChI=1S/C17H20N6O2S/c1-14-21-16(12-17(22-14)23-11-5-8-19-23)18-9-10-20-26(24,25)13-15-6-3-2-4-7-15/h2-8,11-12,20H,9-10,13H2,1H3,(H,18,21,22). The molecule has 8 nitrogen and oxygen atoms in total. The lowest BCUT2D eigenvalue weighted by Crippen LogP contribution is -2.30. The highest BCUT2D eigenvalue weighted by molar-refractivity contribution is 7.88. The van der Waals surface area contributed by atoms with Crippen molar-refractivity contribution in [2.75, 3.05) is 18.4 Å². The van der Waals surface area contributed by atoms with E-state index in [1.165, 1.54) is 0 Å². The van der Waals surface area contributed by atoms with Crippen LogP contribution in [-0.4, -0.2) is 41.3 Å². The largest absolute Gasteiger partial charge is 0.369 e. The maximum Gasteiger partial charge on any atom is 0.215 e. The van der Waals surface area contributed by atoms with E-state index in [1.54, 1.807) is 42.2 Å². The van der Waals surface area contributed by atoms with Crippen LogP contribution in [0.4, 0.5) is 5.82 Å². The summed E-state index contributed by atoms with van der Waals surface area (Å²) in [7, 11) is -3.38. The number of anilines is 1. The van der Waals surface area contributed by atoms with Crippen LogP contribution in [0.1, 0.15) is 11.4 Å². The number of hydrogen-bond acceptors (Lipinski definition) is 6. The predicted octanol–water partition coefficient (Wildman–Crippen LogP) is 1.50. The van der Waals surface area contributed by atoms with Gasteiger partial charge in [0.15, 0.2) is 5.82 Å². The molecule has 0 aliphatic carbocycles. The zero-order valence-corrected chi connectivity index (χ0v) is 15.1. The van der Waals surface area contributed by atoms with Crippen LogP contribution in [0.2, 0.25) is 0 Å². The summed E-state index contributed by atoms with van der Waals surface area (Å²) in [6.45, 7) is 2.46. The number of aromatic nitrogens is 4. The monoisotopic (exact) mass is 372 g/mol. The molecule has 0 saturated carbocycles. The number of hydrogen-bond donors (Lipinski definition) is 2. The maximum absolute atomic E-state index is 12.1. The van der Waals surface area contributed by atoms with E-state index >= 15 is 0 Å². The molecule has 0 spiro atoms. The molecule has 1 aromatic carbocycles. The highest BCUT2D eigenvalue weighted by Crippen LogP contribution is 2.10. The fraction of sp³-hybridized carbons (Fsp3) is 0.235. The topological polar surface area (TPSA) is 102 Å². The van der Waals surface area contributed by atoms with E-state index in [4.69, 9.17) is 0 Å². The fourth-order valence-electron chi connectivity index (χ4n) is 2.41. The second-order valence-corrected chi connectivity index (χ2v) is 7.48. The van der Waals surface area contributed by atoms with Crippen molar-refractivity contribution in [2.24, 2.45) is 0 Å². The van der Waals surface area contributed by atoms with E-state index < -0.39 is 10.0 Å². The molecule has 0 radical (unpaired) electrons. The van der Waals surface area contributed by atoms with Gasteiger partial charge in [-0.3, -0.25) is 0 Å². The molecule has 0 atom stereocenters. The Kier molecular flexibility index (Phi) is 5.59. The average Bonchev–Trinajstić information content (AvgIpc) is 3.13. The maximum atomic E-state index is 12.1. The van der Waals surface area contributed by atoms with Gasteiger partial charge in [0, 0.05) is 31.5 Å². The van der Waals surface area contributed by atoms with E-state index in [1.807, 2.05) is 24.3 Å². The minimum absolute atomic E-state index is 0.0378. The van der Waals surface area contributed by atoms with Crippen LogP contribution in [0.5, 0.6) is 0 Å². The van der Waals surface area contributed by atoms with Crippen LogP contribution in [0, 0.1) is 6.92 Å². The van der Waals surface area contributed by atoms with Gasteiger partial charge in [0.2, 0.25) is 10.0 Å². The molecule has 0 aliphatic rings.